The highest BCUT2D eigenvalue weighted by Gasteiger charge is 2.22. The van der Waals surface area contributed by atoms with Crippen molar-refractivity contribution in [3.8, 4) is 16.9 Å². The van der Waals surface area contributed by atoms with Crippen molar-refractivity contribution in [3.05, 3.63) is 81.1 Å². The van der Waals surface area contributed by atoms with Gasteiger partial charge in [-0.15, -0.1) is 0 Å². The number of aromatic nitrogens is 3. The first-order valence-corrected chi connectivity index (χ1v) is 16.2. The molecule has 1 fully saturated rings. The first-order chi connectivity index (χ1) is 20.7. The van der Waals surface area contributed by atoms with Gasteiger partial charge < -0.3 is 21.8 Å². The van der Waals surface area contributed by atoms with Crippen molar-refractivity contribution in [2.24, 2.45) is 16.5 Å². The Balaban J connectivity index is 1.33. The lowest BCUT2D eigenvalue weighted by Crippen LogP contribution is -2.37. The first-order valence-electron chi connectivity index (χ1n) is 14.8. The molecule has 0 saturated carbocycles. The summed E-state index contributed by atoms with van der Waals surface area (Å²) in [6.45, 7) is 1.97. The summed E-state index contributed by atoms with van der Waals surface area (Å²) in [4.78, 5) is 24.4. The molecule has 2 unspecified atom stereocenters. The van der Waals surface area contributed by atoms with E-state index >= 15 is 4.39 Å². The highest BCUT2D eigenvalue weighted by molar-refractivity contribution is 8.13. The quantitative estimate of drug-likeness (QED) is 0.125. The van der Waals surface area contributed by atoms with E-state index in [1.807, 2.05) is 19.1 Å². The summed E-state index contributed by atoms with van der Waals surface area (Å²) in [5.74, 6) is 0.427. The molecule has 3 atom stereocenters. The number of halogens is 2. The molecule has 0 amide bonds. The highest BCUT2D eigenvalue weighted by Crippen LogP contribution is 2.32. The molecule has 3 heterocycles. The monoisotopic (exact) mass is 623 g/mol. The lowest BCUT2D eigenvalue weighted by Gasteiger charge is -2.31. The van der Waals surface area contributed by atoms with E-state index in [1.54, 1.807) is 43.2 Å². The van der Waals surface area contributed by atoms with Gasteiger partial charge in [0.05, 0.1) is 16.4 Å². The number of H-pyrrole nitrogens is 1. The third-order valence-electron chi connectivity index (χ3n) is 8.00. The second-order valence-electron chi connectivity index (χ2n) is 11.3. The molecule has 11 heteroatoms. The lowest BCUT2D eigenvalue weighted by molar-refractivity contribution is 0.320. The van der Waals surface area contributed by atoms with Gasteiger partial charge in [-0.3, -0.25) is 9.56 Å². The Morgan fingerprint density at radius 2 is 2.05 bits per heavy atom. The zero-order valence-electron chi connectivity index (χ0n) is 24.6. The standard InChI is InChI=1S/C32H39ClFN7OS/c1-19(35)5-3-6-20-15-25(29(34)26(33)16-20)28-17-22-18-41(32(42)40-30(22)39-28)24-11-9-21(10-12-24)27-8-4-7-23(38-27)13-14-43-31(36)37-2/h9-12,15-19,23,27,38H,3-8,13-14,35H2,1-2H3,(H2,36,37)(H,39,40,42)/t19-,23?,27?/m0/s1. The summed E-state index contributed by atoms with van der Waals surface area (Å²) in [5.41, 5.74) is 15.4. The third kappa shape index (κ3) is 7.67. The second-order valence-corrected chi connectivity index (χ2v) is 12.8. The Morgan fingerprint density at radius 1 is 1.26 bits per heavy atom. The minimum atomic E-state index is -0.508. The number of fused-ring (bicyclic) bond motifs is 1. The molecule has 43 heavy (non-hydrogen) atoms. The number of nitrogens with zero attached hydrogens (tertiary/aromatic N) is 3. The third-order valence-corrected chi connectivity index (χ3v) is 9.20. The number of aliphatic imine (C=N–C) groups is 1. The highest BCUT2D eigenvalue weighted by atomic mass is 35.5. The van der Waals surface area contributed by atoms with Gasteiger partial charge in [0.2, 0.25) is 0 Å². The Labute approximate surface area is 260 Å². The van der Waals surface area contributed by atoms with Gasteiger partial charge in [-0.05, 0) is 86.9 Å². The molecule has 4 aromatic rings. The van der Waals surface area contributed by atoms with E-state index in [2.05, 4.69) is 32.4 Å². The zero-order valence-corrected chi connectivity index (χ0v) is 26.1. The average molecular weight is 624 g/mol. The van der Waals surface area contributed by atoms with Gasteiger partial charge in [0.15, 0.2) is 11.0 Å². The topological polar surface area (TPSA) is 127 Å². The Kier molecular flexibility index (Phi) is 10.2. The normalized spacial score (nSPS) is 18.3. The van der Waals surface area contributed by atoms with Crippen LogP contribution in [-0.2, 0) is 6.42 Å². The van der Waals surface area contributed by atoms with E-state index in [4.69, 9.17) is 23.1 Å². The summed E-state index contributed by atoms with van der Waals surface area (Å²) in [6, 6.07) is 14.1. The summed E-state index contributed by atoms with van der Waals surface area (Å²) in [7, 11) is 1.71. The molecule has 0 bridgehead atoms. The Bertz CT molecular complexity index is 1650. The fraction of sp³-hybridized carbons (Fsp3) is 0.406. The number of nitrogens with one attached hydrogen (secondary N) is 2. The number of piperidine rings is 1. The maximum absolute atomic E-state index is 15.1. The molecule has 1 saturated heterocycles. The summed E-state index contributed by atoms with van der Waals surface area (Å²) in [5, 5.41) is 5.16. The SMILES string of the molecule is C/N=C(\N)SCCC1CCCC(c2ccc(-n3cc4cc(-c5cc(CCC[C@H](C)N)cc(Cl)c5F)[nH]c4nc3=O)cc2)N1. The number of benzene rings is 2. The van der Waals surface area contributed by atoms with Crippen molar-refractivity contribution in [2.75, 3.05) is 12.8 Å². The van der Waals surface area contributed by atoms with Crippen molar-refractivity contribution in [3.63, 3.8) is 0 Å². The molecule has 0 radical (unpaired) electrons. The fourth-order valence-electron chi connectivity index (χ4n) is 5.69. The molecule has 5 rings (SSSR count). The van der Waals surface area contributed by atoms with Crippen LogP contribution in [0.2, 0.25) is 5.02 Å². The average Bonchev–Trinajstić information content (AvgIpc) is 3.41. The molecule has 1 aliphatic rings. The van der Waals surface area contributed by atoms with Crippen molar-refractivity contribution >= 4 is 39.6 Å². The van der Waals surface area contributed by atoms with Crippen LogP contribution in [0.3, 0.4) is 0 Å². The molecule has 0 spiro atoms. The maximum Gasteiger partial charge on any atom is 0.354 e. The molecule has 6 N–H and O–H groups in total. The molecule has 8 nitrogen and oxygen atoms in total. The van der Waals surface area contributed by atoms with Gasteiger partial charge >= 0.3 is 5.69 Å². The Hall–Kier alpha value is -3.18. The van der Waals surface area contributed by atoms with Crippen LogP contribution in [0.15, 0.2) is 58.4 Å². The summed E-state index contributed by atoms with van der Waals surface area (Å²) in [6.07, 6.45) is 8.63. The number of hydrogen-bond donors (Lipinski definition) is 4. The van der Waals surface area contributed by atoms with Gasteiger partial charge in [0.25, 0.3) is 0 Å². The lowest BCUT2D eigenvalue weighted by atomic mass is 9.92. The van der Waals surface area contributed by atoms with E-state index in [1.165, 1.54) is 10.1 Å². The van der Waals surface area contributed by atoms with Crippen LogP contribution in [0, 0.1) is 5.82 Å². The number of aryl methyl sites for hydroxylation is 1. The van der Waals surface area contributed by atoms with Gasteiger partial charge in [-0.2, -0.15) is 4.98 Å². The number of rotatable bonds is 10. The number of hydrogen-bond acceptors (Lipinski definition) is 6. The molecular weight excluding hydrogens is 585 g/mol. The van der Waals surface area contributed by atoms with Crippen LogP contribution < -0.4 is 22.5 Å². The summed E-state index contributed by atoms with van der Waals surface area (Å²) >= 11 is 7.85. The van der Waals surface area contributed by atoms with Gasteiger partial charge in [-0.25, -0.2) is 9.18 Å². The molecule has 228 valence electrons. The summed E-state index contributed by atoms with van der Waals surface area (Å²) < 4.78 is 16.6. The molecule has 1 aliphatic heterocycles. The number of aromatic amines is 1. The maximum atomic E-state index is 15.1. The minimum Gasteiger partial charge on any atom is -0.379 e. The number of amidine groups is 1. The van der Waals surface area contributed by atoms with Crippen LogP contribution in [-0.4, -0.2) is 44.6 Å². The van der Waals surface area contributed by atoms with Crippen molar-refractivity contribution in [2.45, 2.75) is 70.0 Å². The predicted molar refractivity (Wildman–Crippen MR) is 177 cm³/mol. The molecule has 2 aromatic heterocycles. The Morgan fingerprint density at radius 3 is 2.79 bits per heavy atom. The van der Waals surface area contributed by atoms with Gasteiger partial charge in [0.1, 0.15) is 5.65 Å². The van der Waals surface area contributed by atoms with Crippen LogP contribution in [0.1, 0.15) is 62.6 Å². The number of thioether (sulfide) groups is 1. The fourth-order valence-corrected chi connectivity index (χ4v) is 6.67. The van der Waals surface area contributed by atoms with Crippen LogP contribution in [0.25, 0.3) is 28.0 Å². The predicted octanol–water partition coefficient (Wildman–Crippen LogP) is 6.09. The molecular formula is C32H39ClFN7OS. The van der Waals surface area contributed by atoms with E-state index in [9.17, 15) is 4.79 Å². The van der Waals surface area contributed by atoms with Gasteiger partial charge in [-0.1, -0.05) is 41.9 Å². The van der Waals surface area contributed by atoms with E-state index in [-0.39, 0.29) is 17.1 Å². The molecule has 2 aromatic carbocycles. The van der Waals surface area contributed by atoms with Crippen LogP contribution in [0.4, 0.5) is 4.39 Å². The van der Waals surface area contributed by atoms with Gasteiger partial charge in [0, 0.05) is 48.1 Å². The number of nitrogens with two attached hydrogens (primary N) is 2. The first kappa shape index (κ1) is 31.3. The largest absolute Gasteiger partial charge is 0.379 e. The van der Waals surface area contributed by atoms with Crippen LogP contribution in [0.5, 0.6) is 0 Å². The second kappa shape index (κ2) is 14.1. The van der Waals surface area contributed by atoms with Crippen molar-refractivity contribution in [1.82, 2.24) is 19.9 Å². The van der Waals surface area contributed by atoms with E-state index in [0.717, 1.165) is 56.3 Å². The van der Waals surface area contributed by atoms with E-state index in [0.29, 0.717) is 39.2 Å². The zero-order chi connectivity index (χ0) is 30.5. The van der Waals surface area contributed by atoms with E-state index < -0.39 is 11.5 Å². The van der Waals surface area contributed by atoms with Crippen LogP contribution >= 0.6 is 23.4 Å². The smallest absolute Gasteiger partial charge is 0.354 e. The van der Waals surface area contributed by atoms with Crippen molar-refractivity contribution in [1.29, 1.82) is 0 Å². The molecule has 0 aliphatic carbocycles. The van der Waals surface area contributed by atoms with Crippen molar-refractivity contribution < 1.29 is 4.39 Å². The minimum absolute atomic E-state index is 0.0629.